The number of methoxy groups -OCH3 is 2. The monoisotopic (exact) mass is 394 g/mol. The summed E-state index contributed by atoms with van der Waals surface area (Å²) in [5, 5.41) is 4.06. The number of ether oxygens (including phenoxy) is 2. The molecule has 1 aromatic heterocycles. The Morgan fingerprint density at radius 1 is 1.07 bits per heavy atom. The molecule has 0 aliphatic heterocycles. The number of aromatic nitrogens is 1. The third kappa shape index (κ3) is 5.13. The highest BCUT2D eigenvalue weighted by molar-refractivity contribution is 5.86. The quantitative estimate of drug-likeness (QED) is 0.390. The normalized spacial score (nSPS) is 11.1. The Morgan fingerprint density at radius 2 is 1.79 bits per heavy atom. The van der Waals surface area contributed by atoms with E-state index in [2.05, 4.69) is 20.8 Å². The lowest BCUT2D eigenvalue weighted by Crippen LogP contribution is -2.37. The highest BCUT2D eigenvalue weighted by Gasteiger charge is 2.11. The first-order valence-corrected chi connectivity index (χ1v) is 8.91. The summed E-state index contributed by atoms with van der Waals surface area (Å²) in [7, 11) is 3.18. The van der Waals surface area contributed by atoms with Gasteiger partial charge in [0.25, 0.3) is 0 Å². The van der Waals surface area contributed by atoms with Gasteiger partial charge in [-0.1, -0.05) is 24.3 Å². The predicted octanol–water partition coefficient (Wildman–Crippen LogP) is 3.10. The van der Waals surface area contributed by atoms with E-state index in [0.29, 0.717) is 23.7 Å². The van der Waals surface area contributed by atoms with Crippen molar-refractivity contribution in [2.45, 2.75) is 13.5 Å². The van der Waals surface area contributed by atoms with Crippen LogP contribution in [0.3, 0.4) is 0 Å². The molecule has 0 saturated carbocycles. The number of hydrogen-bond acceptors (Lipinski definition) is 6. The van der Waals surface area contributed by atoms with Gasteiger partial charge < -0.3 is 19.6 Å². The number of hydroxylamine groups is 1. The Labute approximate surface area is 168 Å². The number of nitrogens with zero attached hydrogens (tertiary/aromatic N) is 2. The second-order valence-corrected chi connectivity index (χ2v) is 6.04. The summed E-state index contributed by atoms with van der Waals surface area (Å²) in [5.74, 6) is 1.07. The van der Waals surface area contributed by atoms with E-state index in [0.717, 1.165) is 16.5 Å². The first-order valence-electron chi connectivity index (χ1n) is 8.91. The second kappa shape index (κ2) is 9.41. The molecule has 2 aromatic carbocycles. The Balaban J connectivity index is 1.87. The molecule has 0 bridgehead atoms. The molecule has 0 unspecified atom stereocenters. The summed E-state index contributed by atoms with van der Waals surface area (Å²) in [5.41, 5.74) is 4.80. The third-order valence-corrected chi connectivity index (χ3v) is 4.07. The minimum atomic E-state index is -0.494. The molecule has 3 aromatic rings. The Morgan fingerprint density at radius 3 is 2.48 bits per heavy atom. The largest absolute Gasteiger partial charge is 0.496 e. The molecule has 29 heavy (non-hydrogen) atoms. The lowest BCUT2D eigenvalue weighted by Gasteiger charge is -2.15. The number of hydrogen-bond donors (Lipinski definition) is 2. The van der Waals surface area contributed by atoms with Crippen LogP contribution in [-0.2, 0) is 16.2 Å². The molecule has 0 saturated heterocycles. The Hall–Kier alpha value is -3.81. The number of benzene rings is 2. The molecule has 0 atom stereocenters. The third-order valence-electron chi connectivity index (χ3n) is 4.07. The molecular formula is C21H22N4O4. The van der Waals surface area contributed by atoms with Gasteiger partial charge in [-0.3, -0.25) is 9.78 Å². The van der Waals surface area contributed by atoms with Crippen LogP contribution in [0.25, 0.3) is 10.9 Å². The van der Waals surface area contributed by atoms with Gasteiger partial charge in [0.1, 0.15) is 11.5 Å². The molecule has 2 N–H and O–H groups in total. The summed E-state index contributed by atoms with van der Waals surface area (Å²) in [6.07, 6.45) is 1.64. The number of para-hydroxylation sites is 1. The molecule has 150 valence electrons. The van der Waals surface area contributed by atoms with Gasteiger partial charge in [0.2, 0.25) is 5.96 Å². The van der Waals surface area contributed by atoms with Crippen molar-refractivity contribution in [2.75, 3.05) is 14.2 Å². The number of guanidine groups is 1. The summed E-state index contributed by atoms with van der Waals surface area (Å²) in [6, 6.07) is 15.1. The summed E-state index contributed by atoms with van der Waals surface area (Å²) in [6.45, 7) is 1.62. The summed E-state index contributed by atoms with van der Waals surface area (Å²) < 4.78 is 10.8. The van der Waals surface area contributed by atoms with Gasteiger partial charge in [0.05, 0.1) is 43.7 Å². The second-order valence-electron chi connectivity index (χ2n) is 6.04. The number of carbonyl (C=O) groups excluding carboxylic acids is 1. The van der Waals surface area contributed by atoms with E-state index in [9.17, 15) is 4.79 Å². The smallest absolute Gasteiger partial charge is 0.329 e. The molecular weight excluding hydrogens is 372 g/mol. The molecule has 0 aliphatic carbocycles. The van der Waals surface area contributed by atoms with Crippen molar-refractivity contribution in [2.24, 2.45) is 4.99 Å². The number of rotatable bonds is 5. The molecule has 0 amide bonds. The highest BCUT2D eigenvalue weighted by atomic mass is 16.7. The number of nitrogens with one attached hydrogen (secondary N) is 2. The van der Waals surface area contributed by atoms with Crippen LogP contribution in [-0.4, -0.2) is 31.1 Å². The number of fused-ring (bicyclic) bond motifs is 1. The van der Waals surface area contributed by atoms with Crippen LogP contribution >= 0.6 is 0 Å². The van der Waals surface area contributed by atoms with E-state index in [1.165, 1.54) is 6.92 Å². The molecule has 0 fully saturated rings. The van der Waals surface area contributed by atoms with E-state index in [1.807, 2.05) is 48.5 Å². The first kappa shape index (κ1) is 19.9. The van der Waals surface area contributed by atoms with Crippen molar-refractivity contribution in [3.05, 3.63) is 60.3 Å². The molecule has 0 aliphatic rings. The Bertz CT molecular complexity index is 1010. The highest BCUT2D eigenvalue weighted by Crippen LogP contribution is 2.28. The molecule has 3 rings (SSSR count). The van der Waals surface area contributed by atoms with Gasteiger partial charge in [-0.2, -0.15) is 5.48 Å². The maximum Gasteiger partial charge on any atom is 0.329 e. The number of pyridine rings is 1. The fourth-order valence-corrected chi connectivity index (χ4v) is 2.74. The zero-order chi connectivity index (χ0) is 20.6. The topological polar surface area (TPSA) is 94.1 Å². The maximum absolute atomic E-state index is 11.2. The van der Waals surface area contributed by atoms with Crippen molar-refractivity contribution < 1.29 is 19.1 Å². The van der Waals surface area contributed by atoms with Crippen LogP contribution in [0.2, 0.25) is 0 Å². The fraction of sp³-hybridized carbons (Fsp3) is 0.190. The van der Waals surface area contributed by atoms with Gasteiger partial charge in [0.15, 0.2) is 0 Å². The van der Waals surface area contributed by atoms with Gasteiger partial charge in [0, 0.05) is 12.3 Å². The zero-order valence-electron chi connectivity index (χ0n) is 16.4. The van der Waals surface area contributed by atoms with E-state index in [4.69, 9.17) is 14.3 Å². The minimum absolute atomic E-state index is 0.241. The SMILES string of the molecule is COc1cccc(OC)c1CNC(=Nc1cnc2ccccc2c1)NOC(C)=O. The lowest BCUT2D eigenvalue weighted by molar-refractivity contribution is -0.145. The van der Waals surface area contributed by atoms with E-state index < -0.39 is 5.97 Å². The van der Waals surface area contributed by atoms with Crippen LogP contribution in [0.1, 0.15) is 12.5 Å². The van der Waals surface area contributed by atoms with Gasteiger partial charge in [-0.15, -0.1) is 0 Å². The van der Waals surface area contributed by atoms with E-state index in [1.54, 1.807) is 20.4 Å². The average Bonchev–Trinajstić information content (AvgIpc) is 2.75. The molecule has 8 heteroatoms. The van der Waals surface area contributed by atoms with Crippen molar-refractivity contribution in [3.8, 4) is 11.5 Å². The molecule has 1 heterocycles. The predicted molar refractivity (Wildman–Crippen MR) is 110 cm³/mol. The minimum Gasteiger partial charge on any atom is -0.496 e. The van der Waals surface area contributed by atoms with Crippen LogP contribution in [0.4, 0.5) is 5.69 Å². The zero-order valence-corrected chi connectivity index (χ0v) is 16.4. The van der Waals surface area contributed by atoms with Gasteiger partial charge >= 0.3 is 5.97 Å². The molecule has 0 spiro atoms. The van der Waals surface area contributed by atoms with E-state index in [-0.39, 0.29) is 5.96 Å². The average molecular weight is 394 g/mol. The fourth-order valence-electron chi connectivity index (χ4n) is 2.74. The van der Waals surface area contributed by atoms with Crippen LogP contribution in [0.15, 0.2) is 59.7 Å². The van der Waals surface area contributed by atoms with Crippen LogP contribution in [0.5, 0.6) is 11.5 Å². The first-order chi connectivity index (χ1) is 14.1. The maximum atomic E-state index is 11.2. The van der Waals surface area contributed by atoms with Crippen molar-refractivity contribution in [3.63, 3.8) is 0 Å². The van der Waals surface area contributed by atoms with Crippen LogP contribution < -0.4 is 20.3 Å². The van der Waals surface area contributed by atoms with E-state index >= 15 is 0 Å². The number of aliphatic imine (C=N–C) groups is 1. The summed E-state index contributed by atoms with van der Waals surface area (Å²) in [4.78, 5) is 25.0. The lowest BCUT2D eigenvalue weighted by atomic mass is 10.1. The standard InChI is InChI=1S/C21H22N4O4/c1-14(26)29-25-21(23-13-17-19(27-2)9-6-10-20(17)28-3)24-16-11-15-7-4-5-8-18(15)22-12-16/h4-12H,13H2,1-3H3,(H2,23,24,25). The van der Waals surface area contributed by atoms with Crippen molar-refractivity contribution in [1.82, 2.24) is 15.8 Å². The van der Waals surface area contributed by atoms with Crippen molar-refractivity contribution >= 4 is 28.5 Å². The Kier molecular flexibility index (Phi) is 6.47. The van der Waals surface area contributed by atoms with Gasteiger partial charge in [-0.25, -0.2) is 4.99 Å². The molecule has 0 radical (unpaired) electrons. The van der Waals surface area contributed by atoms with Crippen molar-refractivity contribution in [1.29, 1.82) is 0 Å². The molecule has 8 nitrogen and oxygen atoms in total. The number of carbonyl (C=O) groups is 1. The van der Waals surface area contributed by atoms with Gasteiger partial charge in [-0.05, 0) is 24.3 Å². The summed E-state index contributed by atoms with van der Waals surface area (Å²) >= 11 is 0. The van der Waals surface area contributed by atoms with Crippen LogP contribution in [0, 0.1) is 0 Å².